The summed E-state index contributed by atoms with van der Waals surface area (Å²) in [5.41, 5.74) is 0.567. The van der Waals surface area contributed by atoms with Crippen molar-refractivity contribution in [1.29, 1.82) is 0 Å². The van der Waals surface area contributed by atoms with E-state index in [0.29, 0.717) is 17.2 Å². The van der Waals surface area contributed by atoms with Gasteiger partial charge in [0.1, 0.15) is 11.3 Å². The molecule has 4 rings (SSSR count). The Labute approximate surface area is 123 Å². The Morgan fingerprint density at radius 3 is 2.62 bits per heavy atom. The standard InChI is InChI=1S/C18H18O3/c1-12-8-10-18(11-9-12)20-15-7-6-13-4-2-3-5-14(13)16(15)17(19)21-18/h2-7,12H,8-11H2,1H3. The first-order valence-electron chi connectivity index (χ1n) is 7.61. The average Bonchev–Trinajstić information content (AvgIpc) is 2.50. The van der Waals surface area contributed by atoms with Gasteiger partial charge >= 0.3 is 5.97 Å². The third-order valence-corrected chi connectivity index (χ3v) is 4.71. The number of hydrogen-bond donors (Lipinski definition) is 0. The van der Waals surface area contributed by atoms with E-state index in [1.165, 1.54) is 0 Å². The molecule has 2 aromatic rings. The Hall–Kier alpha value is -2.03. The Morgan fingerprint density at radius 2 is 1.81 bits per heavy atom. The molecule has 0 atom stereocenters. The molecule has 0 radical (unpaired) electrons. The van der Waals surface area contributed by atoms with Gasteiger partial charge in [-0.15, -0.1) is 0 Å². The first kappa shape index (κ1) is 12.7. The lowest BCUT2D eigenvalue weighted by molar-refractivity contribution is -0.177. The molecule has 1 saturated carbocycles. The minimum atomic E-state index is -0.737. The van der Waals surface area contributed by atoms with Crippen molar-refractivity contribution in [2.24, 2.45) is 5.92 Å². The Bertz CT molecular complexity index is 711. The van der Waals surface area contributed by atoms with Crippen LogP contribution in [0.5, 0.6) is 5.75 Å². The van der Waals surface area contributed by atoms with Crippen LogP contribution in [0.1, 0.15) is 43.0 Å². The monoisotopic (exact) mass is 282 g/mol. The normalized spacial score (nSPS) is 28.0. The zero-order valence-corrected chi connectivity index (χ0v) is 12.1. The fourth-order valence-electron chi connectivity index (χ4n) is 3.39. The predicted molar refractivity (Wildman–Crippen MR) is 80.4 cm³/mol. The van der Waals surface area contributed by atoms with E-state index in [2.05, 4.69) is 6.92 Å². The highest BCUT2D eigenvalue weighted by Gasteiger charge is 2.44. The van der Waals surface area contributed by atoms with Crippen LogP contribution < -0.4 is 4.74 Å². The second-order valence-corrected chi connectivity index (χ2v) is 6.24. The van der Waals surface area contributed by atoms with Crippen LogP contribution in [-0.2, 0) is 4.74 Å². The number of carbonyl (C=O) groups is 1. The number of fused-ring (bicyclic) bond motifs is 3. The van der Waals surface area contributed by atoms with Crippen LogP contribution in [0.2, 0.25) is 0 Å². The van der Waals surface area contributed by atoms with E-state index in [-0.39, 0.29) is 5.97 Å². The maximum absolute atomic E-state index is 12.6. The summed E-state index contributed by atoms with van der Waals surface area (Å²) in [5, 5.41) is 1.93. The third kappa shape index (κ3) is 1.99. The van der Waals surface area contributed by atoms with Crippen molar-refractivity contribution >= 4 is 16.7 Å². The number of rotatable bonds is 0. The van der Waals surface area contributed by atoms with Crippen LogP contribution >= 0.6 is 0 Å². The molecule has 1 heterocycles. The van der Waals surface area contributed by atoms with Gasteiger partial charge in [-0.05, 0) is 35.6 Å². The Balaban J connectivity index is 1.79. The van der Waals surface area contributed by atoms with Gasteiger partial charge in [-0.2, -0.15) is 0 Å². The van der Waals surface area contributed by atoms with Crippen LogP contribution in [0, 0.1) is 5.92 Å². The molecule has 3 heteroatoms. The van der Waals surface area contributed by atoms with Gasteiger partial charge < -0.3 is 9.47 Å². The molecule has 2 aliphatic rings. The number of ether oxygens (including phenoxy) is 2. The van der Waals surface area contributed by atoms with Gasteiger partial charge in [-0.3, -0.25) is 0 Å². The number of esters is 1. The van der Waals surface area contributed by atoms with E-state index in [0.717, 1.165) is 36.5 Å². The lowest BCUT2D eigenvalue weighted by atomic mass is 9.85. The van der Waals surface area contributed by atoms with E-state index in [4.69, 9.17) is 9.47 Å². The predicted octanol–water partition coefficient (Wildman–Crippen LogP) is 4.30. The maximum Gasteiger partial charge on any atom is 0.345 e. The van der Waals surface area contributed by atoms with Crippen LogP contribution in [0.15, 0.2) is 36.4 Å². The third-order valence-electron chi connectivity index (χ3n) is 4.71. The van der Waals surface area contributed by atoms with Gasteiger partial charge in [-0.1, -0.05) is 37.3 Å². The Morgan fingerprint density at radius 1 is 1.05 bits per heavy atom. The van der Waals surface area contributed by atoms with Crippen molar-refractivity contribution in [2.45, 2.75) is 38.4 Å². The zero-order chi connectivity index (χ0) is 14.4. The highest BCUT2D eigenvalue weighted by atomic mass is 16.7. The molecule has 0 amide bonds. The number of benzene rings is 2. The molecule has 1 aliphatic heterocycles. The molecule has 1 aliphatic carbocycles. The summed E-state index contributed by atoms with van der Waals surface area (Å²) in [6.45, 7) is 2.24. The largest absolute Gasteiger partial charge is 0.451 e. The first-order chi connectivity index (χ1) is 10.2. The number of carbonyl (C=O) groups excluding carboxylic acids is 1. The number of hydrogen-bond acceptors (Lipinski definition) is 3. The van der Waals surface area contributed by atoms with Crippen LogP contribution in [0.3, 0.4) is 0 Å². The molecule has 108 valence electrons. The van der Waals surface area contributed by atoms with Crippen molar-refractivity contribution in [3.8, 4) is 5.75 Å². The molecular formula is C18H18O3. The first-order valence-corrected chi connectivity index (χ1v) is 7.61. The van der Waals surface area contributed by atoms with Gasteiger partial charge in [0.15, 0.2) is 0 Å². The summed E-state index contributed by atoms with van der Waals surface area (Å²) in [7, 11) is 0. The zero-order valence-electron chi connectivity index (χ0n) is 12.1. The van der Waals surface area contributed by atoms with Crippen LogP contribution in [0.4, 0.5) is 0 Å². The summed E-state index contributed by atoms with van der Waals surface area (Å²) in [6, 6.07) is 11.7. The lowest BCUT2D eigenvalue weighted by Crippen LogP contribution is -2.47. The Kier molecular flexibility index (Phi) is 2.71. The highest BCUT2D eigenvalue weighted by molar-refractivity contribution is 6.07. The second-order valence-electron chi connectivity index (χ2n) is 6.24. The van der Waals surface area contributed by atoms with Gasteiger partial charge in [0, 0.05) is 12.8 Å². The summed E-state index contributed by atoms with van der Waals surface area (Å²) in [6.07, 6.45) is 3.64. The van der Waals surface area contributed by atoms with E-state index in [1.807, 2.05) is 36.4 Å². The van der Waals surface area contributed by atoms with E-state index in [1.54, 1.807) is 0 Å². The van der Waals surface area contributed by atoms with Gasteiger partial charge in [0.25, 0.3) is 5.79 Å². The van der Waals surface area contributed by atoms with E-state index in [9.17, 15) is 4.79 Å². The van der Waals surface area contributed by atoms with Crippen molar-refractivity contribution in [3.05, 3.63) is 42.0 Å². The second kappa shape index (κ2) is 4.48. The molecule has 0 saturated heterocycles. The van der Waals surface area contributed by atoms with E-state index >= 15 is 0 Å². The van der Waals surface area contributed by atoms with Crippen molar-refractivity contribution in [2.75, 3.05) is 0 Å². The smallest absolute Gasteiger partial charge is 0.345 e. The van der Waals surface area contributed by atoms with Crippen molar-refractivity contribution in [3.63, 3.8) is 0 Å². The fourth-order valence-corrected chi connectivity index (χ4v) is 3.39. The molecule has 2 aromatic carbocycles. The SMILES string of the molecule is CC1CCC2(CC1)OC(=O)c1c(ccc3ccccc13)O2. The summed E-state index contributed by atoms with van der Waals surface area (Å²) in [5.74, 6) is 0.358. The molecule has 3 nitrogen and oxygen atoms in total. The van der Waals surface area contributed by atoms with Crippen LogP contribution in [0.25, 0.3) is 10.8 Å². The molecular weight excluding hydrogens is 264 g/mol. The molecule has 0 aromatic heterocycles. The average molecular weight is 282 g/mol. The summed E-state index contributed by atoms with van der Waals surface area (Å²) >= 11 is 0. The van der Waals surface area contributed by atoms with E-state index < -0.39 is 5.79 Å². The van der Waals surface area contributed by atoms with Crippen molar-refractivity contribution < 1.29 is 14.3 Å². The minimum Gasteiger partial charge on any atom is -0.451 e. The lowest BCUT2D eigenvalue weighted by Gasteiger charge is -2.41. The van der Waals surface area contributed by atoms with Gasteiger partial charge in [0.05, 0.1) is 0 Å². The molecule has 0 N–H and O–H groups in total. The van der Waals surface area contributed by atoms with Crippen molar-refractivity contribution in [1.82, 2.24) is 0 Å². The maximum atomic E-state index is 12.6. The quantitative estimate of drug-likeness (QED) is 0.676. The molecule has 21 heavy (non-hydrogen) atoms. The molecule has 1 fully saturated rings. The van der Waals surface area contributed by atoms with Gasteiger partial charge in [-0.25, -0.2) is 4.79 Å². The summed E-state index contributed by atoms with van der Waals surface area (Å²) in [4.78, 5) is 12.6. The topological polar surface area (TPSA) is 35.5 Å². The fraction of sp³-hybridized carbons (Fsp3) is 0.389. The molecule has 1 spiro atoms. The minimum absolute atomic E-state index is 0.248. The van der Waals surface area contributed by atoms with Gasteiger partial charge in [0.2, 0.25) is 0 Å². The molecule has 0 bridgehead atoms. The highest BCUT2D eigenvalue weighted by Crippen LogP contribution is 2.43. The summed E-state index contributed by atoms with van der Waals surface area (Å²) < 4.78 is 11.9. The molecule has 0 unspecified atom stereocenters. The van der Waals surface area contributed by atoms with Crippen LogP contribution in [-0.4, -0.2) is 11.8 Å².